The molecule has 1 atom stereocenters. The minimum Gasteiger partial charge on any atom is -0.481 e. The summed E-state index contributed by atoms with van der Waals surface area (Å²) in [5.74, 6) is -1.33. The summed E-state index contributed by atoms with van der Waals surface area (Å²) in [6, 6.07) is 0. The largest absolute Gasteiger partial charge is 0.481 e. The highest BCUT2D eigenvalue weighted by molar-refractivity contribution is 5.70. The molecule has 1 aromatic rings. The second kappa shape index (κ2) is 4.40. The predicted octanol–water partition coefficient (Wildman–Crippen LogP) is -0.0975. The van der Waals surface area contributed by atoms with Gasteiger partial charge >= 0.3 is 5.97 Å². The lowest BCUT2D eigenvalue weighted by atomic mass is 10.2. The van der Waals surface area contributed by atoms with Crippen LogP contribution < -0.4 is 10.9 Å². The van der Waals surface area contributed by atoms with E-state index in [1.165, 1.54) is 12.4 Å². The van der Waals surface area contributed by atoms with Crippen LogP contribution in [0.2, 0.25) is 0 Å². The molecule has 1 unspecified atom stereocenters. The highest BCUT2D eigenvalue weighted by Crippen LogP contribution is 1.96. The van der Waals surface area contributed by atoms with Gasteiger partial charge in [0.15, 0.2) is 5.82 Å². The first-order chi connectivity index (χ1) is 6.61. The fraction of sp³-hybridized carbons (Fsp3) is 0.375. The molecule has 6 heteroatoms. The second-order valence-electron chi connectivity index (χ2n) is 2.89. The summed E-state index contributed by atoms with van der Waals surface area (Å²) < 4.78 is 0. The van der Waals surface area contributed by atoms with Gasteiger partial charge in [0.25, 0.3) is 5.56 Å². The number of hydrogen-bond acceptors (Lipinski definition) is 4. The molecule has 1 aromatic heterocycles. The van der Waals surface area contributed by atoms with Gasteiger partial charge < -0.3 is 15.4 Å². The van der Waals surface area contributed by atoms with Crippen molar-refractivity contribution in [2.45, 2.75) is 6.92 Å². The van der Waals surface area contributed by atoms with E-state index in [4.69, 9.17) is 5.11 Å². The van der Waals surface area contributed by atoms with Gasteiger partial charge in [-0.1, -0.05) is 6.92 Å². The number of H-pyrrole nitrogens is 1. The first kappa shape index (κ1) is 10.2. The average Bonchev–Trinajstić information content (AvgIpc) is 2.16. The van der Waals surface area contributed by atoms with E-state index in [-0.39, 0.29) is 17.9 Å². The number of nitrogens with zero attached hydrogens (tertiary/aromatic N) is 1. The molecule has 0 aliphatic carbocycles. The Morgan fingerprint density at radius 2 is 2.50 bits per heavy atom. The molecule has 0 radical (unpaired) electrons. The molecule has 0 bridgehead atoms. The van der Waals surface area contributed by atoms with Crippen molar-refractivity contribution < 1.29 is 9.90 Å². The van der Waals surface area contributed by atoms with Gasteiger partial charge in [0.2, 0.25) is 0 Å². The molecule has 0 fully saturated rings. The Bertz CT molecular complexity index is 374. The van der Waals surface area contributed by atoms with Crippen LogP contribution in [0.3, 0.4) is 0 Å². The Labute approximate surface area is 80.0 Å². The number of carboxylic acids is 1. The highest BCUT2D eigenvalue weighted by Gasteiger charge is 2.10. The molecule has 0 amide bonds. The zero-order valence-electron chi connectivity index (χ0n) is 7.65. The molecule has 0 aliphatic rings. The van der Waals surface area contributed by atoms with Crippen LogP contribution in [0.4, 0.5) is 5.82 Å². The van der Waals surface area contributed by atoms with E-state index in [1.54, 1.807) is 6.92 Å². The van der Waals surface area contributed by atoms with E-state index in [1.807, 2.05) is 0 Å². The molecule has 0 aromatic carbocycles. The monoisotopic (exact) mass is 197 g/mol. The van der Waals surface area contributed by atoms with Crippen molar-refractivity contribution >= 4 is 11.8 Å². The summed E-state index contributed by atoms with van der Waals surface area (Å²) in [6.07, 6.45) is 2.84. The third-order valence-corrected chi connectivity index (χ3v) is 1.70. The van der Waals surface area contributed by atoms with Crippen LogP contribution in [0, 0.1) is 5.92 Å². The van der Waals surface area contributed by atoms with Crippen LogP contribution in [0.15, 0.2) is 17.2 Å². The van der Waals surface area contributed by atoms with Crippen LogP contribution in [0.5, 0.6) is 0 Å². The molecule has 76 valence electrons. The van der Waals surface area contributed by atoms with Crippen LogP contribution in [0.1, 0.15) is 6.92 Å². The number of carbonyl (C=O) groups is 1. The second-order valence-corrected chi connectivity index (χ2v) is 2.89. The van der Waals surface area contributed by atoms with Crippen molar-refractivity contribution in [3.8, 4) is 0 Å². The minimum absolute atomic E-state index is 0.139. The number of aromatic amines is 1. The fourth-order valence-electron chi connectivity index (χ4n) is 0.815. The summed E-state index contributed by atoms with van der Waals surface area (Å²) in [4.78, 5) is 27.7. The van der Waals surface area contributed by atoms with E-state index in [9.17, 15) is 9.59 Å². The smallest absolute Gasteiger partial charge is 0.308 e. The Balaban J connectivity index is 2.58. The van der Waals surface area contributed by atoms with Gasteiger partial charge in [-0.3, -0.25) is 9.59 Å². The van der Waals surface area contributed by atoms with Crippen molar-refractivity contribution in [3.05, 3.63) is 22.7 Å². The number of aliphatic carboxylic acids is 1. The third-order valence-electron chi connectivity index (χ3n) is 1.70. The van der Waals surface area contributed by atoms with Crippen molar-refractivity contribution in [1.29, 1.82) is 0 Å². The van der Waals surface area contributed by atoms with Crippen molar-refractivity contribution in [1.82, 2.24) is 9.97 Å². The molecule has 0 saturated heterocycles. The van der Waals surface area contributed by atoms with Crippen LogP contribution >= 0.6 is 0 Å². The van der Waals surface area contributed by atoms with E-state index in [0.29, 0.717) is 0 Å². The van der Waals surface area contributed by atoms with Crippen LogP contribution in [-0.4, -0.2) is 27.6 Å². The van der Waals surface area contributed by atoms with Crippen LogP contribution in [0.25, 0.3) is 0 Å². The highest BCUT2D eigenvalue weighted by atomic mass is 16.4. The van der Waals surface area contributed by atoms with Gasteiger partial charge in [-0.25, -0.2) is 4.98 Å². The van der Waals surface area contributed by atoms with E-state index >= 15 is 0 Å². The van der Waals surface area contributed by atoms with Gasteiger partial charge in [0.05, 0.1) is 5.92 Å². The molecule has 6 nitrogen and oxygen atoms in total. The molecule has 1 heterocycles. The topological polar surface area (TPSA) is 95.1 Å². The van der Waals surface area contributed by atoms with Gasteiger partial charge in [-0.05, 0) is 0 Å². The summed E-state index contributed by atoms with van der Waals surface area (Å²) in [5, 5.41) is 11.2. The van der Waals surface area contributed by atoms with Crippen molar-refractivity contribution in [2.75, 3.05) is 11.9 Å². The predicted molar refractivity (Wildman–Crippen MR) is 50.1 cm³/mol. The third kappa shape index (κ3) is 2.58. The number of anilines is 1. The van der Waals surface area contributed by atoms with Crippen LogP contribution in [-0.2, 0) is 4.79 Å². The van der Waals surface area contributed by atoms with E-state index in [2.05, 4.69) is 15.3 Å². The lowest BCUT2D eigenvalue weighted by molar-refractivity contribution is -0.140. The van der Waals surface area contributed by atoms with E-state index < -0.39 is 11.9 Å². The molecule has 0 saturated carbocycles. The normalized spacial score (nSPS) is 12.1. The first-order valence-electron chi connectivity index (χ1n) is 4.11. The molecular weight excluding hydrogens is 186 g/mol. The fourth-order valence-corrected chi connectivity index (χ4v) is 0.815. The van der Waals surface area contributed by atoms with Crippen molar-refractivity contribution in [2.24, 2.45) is 5.92 Å². The number of aromatic nitrogens is 2. The maximum absolute atomic E-state index is 11.1. The lowest BCUT2D eigenvalue weighted by Gasteiger charge is -2.07. The van der Waals surface area contributed by atoms with E-state index in [0.717, 1.165) is 0 Å². The number of hydrogen-bond donors (Lipinski definition) is 3. The van der Waals surface area contributed by atoms with Gasteiger partial charge in [0, 0.05) is 18.9 Å². The Kier molecular flexibility index (Phi) is 3.22. The maximum atomic E-state index is 11.1. The first-order valence-corrected chi connectivity index (χ1v) is 4.11. The SMILES string of the molecule is CC(CNc1ncc[nH]c1=O)C(=O)O. The molecule has 14 heavy (non-hydrogen) atoms. The Morgan fingerprint density at radius 3 is 3.07 bits per heavy atom. The standard InChI is InChI=1S/C8H11N3O3/c1-5(8(13)14)4-11-6-7(12)10-3-2-9-6/h2-3,5H,4H2,1H3,(H,9,11)(H,10,12)(H,13,14). The van der Waals surface area contributed by atoms with Gasteiger partial charge in [-0.2, -0.15) is 0 Å². The summed E-state index contributed by atoms with van der Waals surface area (Å²) in [6.45, 7) is 1.72. The Morgan fingerprint density at radius 1 is 1.79 bits per heavy atom. The summed E-state index contributed by atoms with van der Waals surface area (Å²) in [7, 11) is 0. The number of nitrogens with one attached hydrogen (secondary N) is 2. The number of carboxylic acid groups (broad SMARTS) is 1. The maximum Gasteiger partial charge on any atom is 0.308 e. The Hall–Kier alpha value is -1.85. The zero-order chi connectivity index (χ0) is 10.6. The molecule has 3 N–H and O–H groups in total. The molecule has 0 aliphatic heterocycles. The van der Waals surface area contributed by atoms with Gasteiger partial charge in [-0.15, -0.1) is 0 Å². The number of rotatable bonds is 4. The minimum atomic E-state index is -0.912. The summed E-state index contributed by atoms with van der Waals surface area (Å²) >= 11 is 0. The molecule has 0 spiro atoms. The lowest BCUT2D eigenvalue weighted by Crippen LogP contribution is -2.23. The van der Waals surface area contributed by atoms with Crippen molar-refractivity contribution in [3.63, 3.8) is 0 Å². The summed E-state index contributed by atoms with van der Waals surface area (Å²) in [5.41, 5.74) is -0.356. The molecule has 1 rings (SSSR count). The molecular formula is C8H11N3O3. The van der Waals surface area contributed by atoms with Gasteiger partial charge in [0.1, 0.15) is 0 Å². The quantitative estimate of drug-likeness (QED) is 0.626. The average molecular weight is 197 g/mol. The zero-order valence-corrected chi connectivity index (χ0v) is 7.65.